The van der Waals surface area contributed by atoms with Crippen molar-refractivity contribution in [3.8, 4) is 0 Å². The van der Waals surface area contributed by atoms with Crippen LogP contribution in [0.25, 0.3) is 11.0 Å². The predicted molar refractivity (Wildman–Crippen MR) is 148 cm³/mol. The molecule has 192 valence electrons. The molecule has 0 radical (unpaired) electrons. The van der Waals surface area contributed by atoms with Crippen LogP contribution in [0.5, 0.6) is 0 Å². The molecule has 1 aromatic carbocycles. The Balaban J connectivity index is 1.62. The molecule has 0 bridgehead atoms. The molecule has 0 amide bonds. The number of Topliss-reactive ketones (excluding diaryl/α,β-unsaturated/α-hetero) is 1. The van der Waals surface area contributed by atoms with Crippen LogP contribution in [0.1, 0.15) is 54.5 Å². The van der Waals surface area contributed by atoms with Crippen molar-refractivity contribution >= 4 is 45.8 Å². The average molecular weight is 536 g/mol. The molecule has 37 heavy (non-hydrogen) atoms. The van der Waals surface area contributed by atoms with E-state index in [1.807, 2.05) is 31.4 Å². The SMILES string of the molecule is CCSCCOC(=O)C1=C(C)NC2=C(C(=O)C[C@@H](c3cccs3)C2)[C@H]1c1coc2ccc(C)cc2c1=O. The number of hydrogen-bond donors (Lipinski definition) is 1. The number of aryl methyl sites for hydroxylation is 1. The summed E-state index contributed by atoms with van der Waals surface area (Å²) in [6, 6.07) is 9.47. The number of allylic oxidation sites excluding steroid dienone is 3. The zero-order valence-corrected chi connectivity index (χ0v) is 22.7. The monoisotopic (exact) mass is 535 g/mol. The van der Waals surface area contributed by atoms with E-state index in [4.69, 9.17) is 9.15 Å². The zero-order valence-electron chi connectivity index (χ0n) is 21.1. The van der Waals surface area contributed by atoms with E-state index < -0.39 is 11.9 Å². The minimum absolute atomic E-state index is 0.0578. The van der Waals surface area contributed by atoms with Crippen LogP contribution in [-0.2, 0) is 14.3 Å². The second kappa shape index (κ2) is 10.7. The quantitative estimate of drug-likeness (QED) is 0.301. The lowest BCUT2D eigenvalue weighted by Crippen LogP contribution is -2.37. The molecule has 3 aromatic rings. The Morgan fingerprint density at radius 2 is 2.05 bits per heavy atom. The molecule has 0 fully saturated rings. The minimum atomic E-state index is -0.847. The molecule has 2 aromatic heterocycles. The lowest BCUT2D eigenvalue weighted by molar-refractivity contribution is -0.138. The molecule has 8 heteroatoms. The number of ether oxygens (including phenoxy) is 1. The van der Waals surface area contributed by atoms with Gasteiger partial charge in [-0.2, -0.15) is 11.8 Å². The molecule has 0 saturated heterocycles. The fourth-order valence-corrected chi connectivity index (χ4v) is 6.54. The number of carbonyl (C=O) groups is 2. The second-order valence-corrected chi connectivity index (χ2v) is 11.8. The van der Waals surface area contributed by atoms with E-state index in [0.717, 1.165) is 21.9 Å². The predicted octanol–water partition coefficient (Wildman–Crippen LogP) is 5.82. The molecule has 0 spiro atoms. The van der Waals surface area contributed by atoms with Gasteiger partial charge in [0, 0.05) is 45.5 Å². The first-order valence-electron chi connectivity index (χ1n) is 12.4. The highest BCUT2D eigenvalue weighted by Crippen LogP contribution is 2.46. The Bertz CT molecular complexity index is 1480. The number of benzene rings is 1. The molecule has 1 aliphatic carbocycles. The highest BCUT2D eigenvalue weighted by Gasteiger charge is 2.43. The molecular formula is C29H29NO5S2. The smallest absolute Gasteiger partial charge is 0.336 e. The van der Waals surface area contributed by atoms with Gasteiger partial charge in [0.25, 0.3) is 0 Å². The van der Waals surface area contributed by atoms with Gasteiger partial charge in [0.1, 0.15) is 12.2 Å². The number of fused-ring (bicyclic) bond motifs is 1. The van der Waals surface area contributed by atoms with Crippen LogP contribution in [0.3, 0.4) is 0 Å². The van der Waals surface area contributed by atoms with Crippen LogP contribution >= 0.6 is 23.1 Å². The van der Waals surface area contributed by atoms with Gasteiger partial charge in [-0.3, -0.25) is 9.59 Å². The van der Waals surface area contributed by atoms with E-state index in [-0.39, 0.29) is 29.3 Å². The van der Waals surface area contributed by atoms with Crippen molar-refractivity contribution in [1.82, 2.24) is 5.32 Å². The molecule has 2 aliphatic rings. The summed E-state index contributed by atoms with van der Waals surface area (Å²) in [7, 11) is 0. The van der Waals surface area contributed by atoms with Gasteiger partial charge < -0.3 is 14.5 Å². The summed E-state index contributed by atoms with van der Waals surface area (Å²) in [5, 5.41) is 5.79. The summed E-state index contributed by atoms with van der Waals surface area (Å²) >= 11 is 3.32. The fraction of sp³-hybridized carbons (Fsp3) is 0.345. The van der Waals surface area contributed by atoms with Crippen LogP contribution < -0.4 is 10.7 Å². The number of hydrogen-bond acceptors (Lipinski definition) is 8. The second-order valence-electron chi connectivity index (χ2n) is 9.39. The topological polar surface area (TPSA) is 85.6 Å². The van der Waals surface area contributed by atoms with Crippen molar-refractivity contribution in [3.63, 3.8) is 0 Å². The largest absolute Gasteiger partial charge is 0.464 e. The van der Waals surface area contributed by atoms with Crippen LogP contribution in [0.4, 0.5) is 0 Å². The minimum Gasteiger partial charge on any atom is -0.464 e. The Labute approximate surface area is 223 Å². The van der Waals surface area contributed by atoms with E-state index in [0.29, 0.717) is 46.4 Å². The van der Waals surface area contributed by atoms with Crippen molar-refractivity contribution in [1.29, 1.82) is 0 Å². The first-order chi connectivity index (χ1) is 17.9. The molecule has 5 rings (SSSR count). The highest BCUT2D eigenvalue weighted by molar-refractivity contribution is 7.99. The maximum absolute atomic E-state index is 13.8. The van der Waals surface area contributed by atoms with Crippen molar-refractivity contribution < 1.29 is 18.7 Å². The molecular weight excluding hydrogens is 506 g/mol. The molecule has 1 aliphatic heterocycles. The van der Waals surface area contributed by atoms with E-state index in [1.165, 1.54) is 6.26 Å². The Kier molecular flexibility index (Phi) is 7.40. The number of thiophene rings is 1. The summed E-state index contributed by atoms with van der Waals surface area (Å²) in [5.74, 6) is 0.231. The summed E-state index contributed by atoms with van der Waals surface area (Å²) in [5.41, 5.74) is 3.56. The fourth-order valence-electron chi connectivity index (χ4n) is 5.22. The number of esters is 1. The molecule has 3 heterocycles. The van der Waals surface area contributed by atoms with Crippen LogP contribution in [0, 0.1) is 6.92 Å². The standard InChI is InChI=1S/C29H29NO5S2/c1-4-36-11-9-34-29(33)25-17(3)30-21-13-18(24-6-5-10-37-24)14-22(31)27(21)26(25)20-15-35-23-8-7-16(2)12-19(23)28(20)32/h5-8,10,12,15,18,26,30H,4,9,11,13-14H2,1-3H3/t18-,26-/m0/s1. The Hall–Kier alpha value is -3.10. The van der Waals surface area contributed by atoms with E-state index in [2.05, 4.69) is 11.4 Å². The number of carbonyl (C=O) groups excluding carboxylic acids is 2. The number of dihydropyridines is 1. The summed E-state index contributed by atoms with van der Waals surface area (Å²) in [6.45, 7) is 6.02. The normalized spacial score (nSPS) is 19.7. The molecule has 0 saturated carbocycles. The van der Waals surface area contributed by atoms with E-state index >= 15 is 0 Å². The van der Waals surface area contributed by atoms with E-state index in [9.17, 15) is 14.4 Å². The van der Waals surface area contributed by atoms with Gasteiger partial charge in [-0.05, 0) is 49.6 Å². The van der Waals surface area contributed by atoms with Crippen molar-refractivity contribution in [2.75, 3.05) is 18.1 Å². The number of ketones is 1. The van der Waals surface area contributed by atoms with Gasteiger partial charge in [0.05, 0.1) is 23.1 Å². The van der Waals surface area contributed by atoms with Crippen LogP contribution in [-0.4, -0.2) is 29.9 Å². The van der Waals surface area contributed by atoms with Gasteiger partial charge in [0.15, 0.2) is 11.2 Å². The maximum Gasteiger partial charge on any atom is 0.336 e. The Morgan fingerprint density at radius 3 is 2.81 bits per heavy atom. The third-order valence-corrected chi connectivity index (χ3v) is 8.82. The van der Waals surface area contributed by atoms with Gasteiger partial charge in [-0.1, -0.05) is 24.6 Å². The average Bonchev–Trinajstić information content (AvgIpc) is 3.41. The molecule has 1 N–H and O–H groups in total. The van der Waals surface area contributed by atoms with Gasteiger partial charge in [-0.25, -0.2) is 4.79 Å². The highest BCUT2D eigenvalue weighted by atomic mass is 32.2. The summed E-state index contributed by atoms with van der Waals surface area (Å²) < 4.78 is 11.5. The summed E-state index contributed by atoms with van der Waals surface area (Å²) in [4.78, 5) is 42.1. The number of nitrogens with one attached hydrogen (secondary N) is 1. The van der Waals surface area contributed by atoms with Gasteiger partial charge >= 0.3 is 5.97 Å². The molecule has 6 nitrogen and oxygen atoms in total. The van der Waals surface area contributed by atoms with Gasteiger partial charge in [-0.15, -0.1) is 11.3 Å². The lowest BCUT2D eigenvalue weighted by Gasteiger charge is -2.36. The third-order valence-electron chi connectivity index (χ3n) is 6.92. The summed E-state index contributed by atoms with van der Waals surface area (Å²) in [6.07, 6.45) is 2.36. The van der Waals surface area contributed by atoms with Crippen LogP contribution in [0.15, 0.2) is 73.7 Å². The first-order valence-corrected chi connectivity index (χ1v) is 14.5. The number of rotatable bonds is 7. The molecule has 0 unspecified atom stereocenters. The van der Waals surface area contributed by atoms with Crippen LogP contribution in [0.2, 0.25) is 0 Å². The van der Waals surface area contributed by atoms with E-state index in [1.54, 1.807) is 42.2 Å². The van der Waals surface area contributed by atoms with Crippen molar-refractivity contribution in [2.45, 2.75) is 45.4 Å². The van der Waals surface area contributed by atoms with Crippen molar-refractivity contribution in [2.24, 2.45) is 0 Å². The first kappa shape index (κ1) is 25.5. The Morgan fingerprint density at radius 1 is 1.22 bits per heavy atom. The van der Waals surface area contributed by atoms with Crippen molar-refractivity contribution in [3.05, 3.63) is 90.7 Å². The zero-order chi connectivity index (χ0) is 26.1. The van der Waals surface area contributed by atoms with Gasteiger partial charge in [0.2, 0.25) is 0 Å². The molecule has 2 atom stereocenters. The lowest BCUT2D eigenvalue weighted by atomic mass is 9.73. The number of thioether (sulfide) groups is 1. The third kappa shape index (κ3) is 4.92. The maximum atomic E-state index is 13.8.